The van der Waals surface area contributed by atoms with Crippen LogP contribution in [0.25, 0.3) is 0 Å². The molecule has 1 unspecified atom stereocenters. The van der Waals surface area contributed by atoms with Crippen LogP contribution in [0.15, 0.2) is 122 Å². The molecule has 0 aliphatic heterocycles. The maximum Gasteiger partial charge on any atom is 0.306 e. The quantitative estimate of drug-likeness (QED) is 0.0261. The number of esters is 3. The minimum atomic E-state index is -0.788. The van der Waals surface area contributed by atoms with Gasteiger partial charge in [-0.25, -0.2) is 0 Å². The van der Waals surface area contributed by atoms with Gasteiger partial charge >= 0.3 is 17.9 Å². The molecule has 0 rings (SSSR count). The van der Waals surface area contributed by atoms with Crippen LogP contribution in [0.1, 0.15) is 323 Å². The van der Waals surface area contributed by atoms with Crippen LogP contribution < -0.4 is 0 Å². The number of hydrogen-bond acceptors (Lipinski definition) is 6. The standard InChI is InChI=1S/C76H128O6/c1-4-7-10-13-16-19-22-24-26-28-30-32-34-35-36-37-38-39-40-41-43-44-46-48-50-52-54-57-60-63-66-69-75(78)81-72-73(71-80-74(77)68-65-62-59-56-21-18-15-12-9-6-3)82-76(79)70-67-64-61-58-55-53-51-49-47-45-42-33-31-29-27-25-23-20-17-14-11-8-5-2/h7,10,12,15-16,19,23-26,29-32,35-36,38-39,41,43,73H,4-6,8-9,11,13-14,17-18,20-22,27-28,33-34,37,40,42,44-72H2,1-3H3/b10-7-,15-12-,19-16-,25-23-,26-24-,31-29-,32-30-,36-35-,39-38-,43-41-. The molecule has 0 aromatic heterocycles. The van der Waals surface area contributed by atoms with Crippen molar-refractivity contribution in [1.82, 2.24) is 0 Å². The minimum absolute atomic E-state index is 0.0852. The van der Waals surface area contributed by atoms with Crippen molar-refractivity contribution in [3.63, 3.8) is 0 Å². The summed E-state index contributed by atoms with van der Waals surface area (Å²) >= 11 is 0. The Balaban J connectivity index is 4.23. The van der Waals surface area contributed by atoms with E-state index in [-0.39, 0.29) is 31.1 Å². The lowest BCUT2D eigenvalue weighted by atomic mass is 10.0. The number of hydrogen-bond donors (Lipinski definition) is 0. The lowest BCUT2D eigenvalue weighted by Crippen LogP contribution is -2.30. The lowest BCUT2D eigenvalue weighted by molar-refractivity contribution is -0.167. The molecule has 0 aliphatic rings. The molecular weight excluding hydrogens is 1010 g/mol. The van der Waals surface area contributed by atoms with Crippen LogP contribution in [0.5, 0.6) is 0 Å². The zero-order chi connectivity index (χ0) is 59.2. The molecular formula is C76H128O6. The highest BCUT2D eigenvalue weighted by Gasteiger charge is 2.19. The summed E-state index contributed by atoms with van der Waals surface area (Å²) in [6.45, 7) is 6.46. The molecule has 6 heteroatoms. The van der Waals surface area contributed by atoms with Gasteiger partial charge in [-0.3, -0.25) is 14.4 Å². The van der Waals surface area contributed by atoms with Gasteiger partial charge < -0.3 is 14.2 Å². The molecule has 0 aromatic carbocycles. The van der Waals surface area contributed by atoms with Crippen LogP contribution in [0, 0.1) is 0 Å². The molecule has 0 heterocycles. The predicted octanol–water partition coefficient (Wildman–Crippen LogP) is 23.9. The number of carbonyl (C=O) groups excluding carboxylic acids is 3. The zero-order valence-corrected chi connectivity index (χ0v) is 53.7. The van der Waals surface area contributed by atoms with Crippen molar-refractivity contribution in [3.05, 3.63) is 122 Å². The van der Waals surface area contributed by atoms with Gasteiger partial charge in [0.2, 0.25) is 0 Å². The SMILES string of the molecule is CC/C=C\C/C=C\C/C=C\C/C=C\C/C=C\C/C=C\C/C=C\CCCCCCCCCCCC(=O)OCC(COC(=O)CCCCCCC/C=C\CCC)OC(=O)CCCCCCCCCCCCC/C=C\C/C=C\CCCCCCC. The molecule has 6 nitrogen and oxygen atoms in total. The van der Waals surface area contributed by atoms with Gasteiger partial charge in [0.25, 0.3) is 0 Å². The molecule has 468 valence electrons. The van der Waals surface area contributed by atoms with Gasteiger partial charge in [-0.15, -0.1) is 0 Å². The summed E-state index contributed by atoms with van der Waals surface area (Å²) in [7, 11) is 0. The van der Waals surface area contributed by atoms with E-state index in [0.717, 1.165) is 128 Å². The van der Waals surface area contributed by atoms with E-state index in [1.807, 2.05) is 0 Å². The van der Waals surface area contributed by atoms with Crippen LogP contribution in [0.4, 0.5) is 0 Å². The van der Waals surface area contributed by atoms with E-state index in [0.29, 0.717) is 19.3 Å². The highest BCUT2D eigenvalue weighted by atomic mass is 16.6. The Labute approximate surface area is 507 Å². The Morgan fingerprint density at radius 3 is 0.805 bits per heavy atom. The number of unbranched alkanes of at least 4 members (excludes halogenated alkanes) is 31. The summed E-state index contributed by atoms with van der Waals surface area (Å²) in [6.07, 6.45) is 96.5. The third kappa shape index (κ3) is 66.6. The van der Waals surface area contributed by atoms with E-state index in [1.165, 1.54) is 154 Å². The van der Waals surface area contributed by atoms with Crippen LogP contribution >= 0.6 is 0 Å². The van der Waals surface area contributed by atoms with Crippen molar-refractivity contribution in [2.45, 2.75) is 329 Å². The molecule has 0 amide bonds. The number of ether oxygens (including phenoxy) is 3. The topological polar surface area (TPSA) is 78.9 Å². The van der Waals surface area contributed by atoms with Gasteiger partial charge in [0.05, 0.1) is 0 Å². The maximum absolute atomic E-state index is 12.9. The Bertz CT molecular complexity index is 1690. The predicted molar refractivity (Wildman–Crippen MR) is 357 cm³/mol. The fraction of sp³-hybridized carbons (Fsp3) is 0.697. The Morgan fingerprint density at radius 2 is 0.500 bits per heavy atom. The first kappa shape index (κ1) is 77.8. The Hall–Kier alpha value is -4.19. The fourth-order valence-corrected chi connectivity index (χ4v) is 9.52. The van der Waals surface area contributed by atoms with Gasteiger partial charge in [0.15, 0.2) is 6.10 Å². The first-order chi connectivity index (χ1) is 40.5. The molecule has 0 fully saturated rings. The fourth-order valence-electron chi connectivity index (χ4n) is 9.52. The molecule has 0 N–H and O–H groups in total. The number of carbonyl (C=O) groups is 3. The smallest absolute Gasteiger partial charge is 0.306 e. The first-order valence-corrected chi connectivity index (χ1v) is 34.5. The average Bonchev–Trinajstić information content (AvgIpc) is 3.47. The Morgan fingerprint density at radius 1 is 0.256 bits per heavy atom. The van der Waals surface area contributed by atoms with Gasteiger partial charge in [-0.1, -0.05) is 296 Å². The van der Waals surface area contributed by atoms with Gasteiger partial charge in [-0.05, 0) is 128 Å². The van der Waals surface area contributed by atoms with Crippen molar-refractivity contribution in [3.8, 4) is 0 Å². The molecule has 0 radical (unpaired) electrons. The average molecular weight is 1140 g/mol. The van der Waals surface area contributed by atoms with E-state index in [1.54, 1.807) is 0 Å². The van der Waals surface area contributed by atoms with E-state index in [2.05, 4.69) is 142 Å². The van der Waals surface area contributed by atoms with Crippen LogP contribution in [0.2, 0.25) is 0 Å². The maximum atomic E-state index is 12.9. The molecule has 0 bridgehead atoms. The van der Waals surface area contributed by atoms with Crippen molar-refractivity contribution >= 4 is 17.9 Å². The minimum Gasteiger partial charge on any atom is -0.462 e. The first-order valence-electron chi connectivity index (χ1n) is 34.5. The monoisotopic (exact) mass is 1140 g/mol. The van der Waals surface area contributed by atoms with Gasteiger partial charge in [0, 0.05) is 19.3 Å². The highest BCUT2D eigenvalue weighted by Crippen LogP contribution is 2.16. The largest absolute Gasteiger partial charge is 0.462 e. The molecule has 0 aromatic rings. The molecule has 0 saturated carbocycles. The summed E-state index contributed by atoms with van der Waals surface area (Å²) in [5, 5.41) is 0. The summed E-state index contributed by atoms with van der Waals surface area (Å²) in [6, 6.07) is 0. The summed E-state index contributed by atoms with van der Waals surface area (Å²) < 4.78 is 16.9. The lowest BCUT2D eigenvalue weighted by Gasteiger charge is -2.18. The number of allylic oxidation sites excluding steroid dienone is 20. The normalized spacial score (nSPS) is 12.9. The molecule has 82 heavy (non-hydrogen) atoms. The third-order valence-electron chi connectivity index (χ3n) is 14.7. The van der Waals surface area contributed by atoms with E-state index in [4.69, 9.17) is 14.2 Å². The summed E-state index contributed by atoms with van der Waals surface area (Å²) in [5.41, 5.74) is 0. The van der Waals surface area contributed by atoms with Gasteiger partial charge in [0.1, 0.15) is 13.2 Å². The van der Waals surface area contributed by atoms with Crippen molar-refractivity contribution < 1.29 is 28.6 Å². The van der Waals surface area contributed by atoms with Crippen molar-refractivity contribution in [2.75, 3.05) is 13.2 Å². The second-order valence-corrected chi connectivity index (χ2v) is 22.7. The van der Waals surface area contributed by atoms with Crippen molar-refractivity contribution in [1.29, 1.82) is 0 Å². The Kier molecular flexibility index (Phi) is 65.8. The highest BCUT2D eigenvalue weighted by molar-refractivity contribution is 5.71. The number of rotatable bonds is 62. The summed E-state index contributed by atoms with van der Waals surface area (Å²) in [5.74, 6) is -0.896. The second kappa shape index (κ2) is 69.3. The van der Waals surface area contributed by atoms with Crippen LogP contribution in [0.3, 0.4) is 0 Å². The molecule has 0 saturated heterocycles. The third-order valence-corrected chi connectivity index (χ3v) is 14.7. The van der Waals surface area contributed by atoms with E-state index < -0.39 is 6.10 Å². The van der Waals surface area contributed by atoms with Crippen LogP contribution in [-0.4, -0.2) is 37.2 Å². The molecule has 0 spiro atoms. The molecule has 1 atom stereocenters. The second-order valence-electron chi connectivity index (χ2n) is 22.7. The van der Waals surface area contributed by atoms with Crippen LogP contribution in [-0.2, 0) is 28.6 Å². The summed E-state index contributed by atoms with van der Waals surface area (Å²) in [4.78, 5) is 38.3. The molecule has 0 aliphatic carbocycles. The van der Waals surface area contributed by atoms with Gasteiger partial charge in [-0.2, -0.15) is 0 Å². The van der Waals surface area contributed by atoms with E-state index in [9.17, 15) is 14.4 Å². The zero-order valence-electron chi connectivity index (χ0n) is 53.7. The van der Waals surface area contributed by atoms with E-state index >= 15 is 0 Å². The van der Waals surface area contributed by atoms with Crippen molar-refractivity contribution in [2.24, 2.45) is 0 Å².